The van der Waals surface area contributed by atoms with E-state index in [0.29, 0.717) is 18.1 Å². The number of anilines is 1. The van der Waals surface area contributed by atoms with Crippen molar-refractivity contribution < 1.29 is 4.79 Å². The van der Waals surface area contributed by atoms with Gasteiger partial charge in [0.05, 0.1) is 0 Å². The summed E-state index contributed by atoms with van der Waals surface area (Å²) in [5.74, 6) is 0.478. The van der Waals surface area contributed by atoms with Crippen LogP contribution in [-0.2, 0) is 6.54 Å². The Morgan fingerprint density at radius 3 is 2.55 bits per heavy atom. The number of carbonyl (C=O) groups is 1. The van der Waals surface area contributed by atoms with Crippen LogP contribution in [0.25, 0.3) is 0 Å². The molecule has 0 unspecified atom stereocenters. The fraction of sp³-hybridized carbons (Fsp3) is 0.214. The molecule has 0 aliphatic carbocycles. The number of rotatable bonds is 4. The van der Waals surface area contributed by atoms with Crippen molar-refractivity contribution in [3.05, 3.63) is 52.1 Å². The molecule has 20 heavy (non-hydrogen) atoms. The Labute approximate surface area is 126 Å². The third kappa shape index (κ3) is 3.54. The number of nitrogens with one attached hydrogen (secondary N) is 1. The van der Waals surface area contributed by atoms with Gasteiger partial charge >= 0.3 is 0 Å². The molecule has 1 heterocycles. The van der Waals surface area contributed by atoms with Gasteiger partial charge in [-0.3, -0.25) is 4.79 Å². The van der Waals surface area contributed by atoms with Gasteiger partial charge in [-0.15, -0.1) is 10.2 Å². The van der Waals surface area contributed by atoms with Gasteiger partial charge in [-0.1, -0.05) is 34.1 Å². The Morgan fingerprint density at radius 2 is 1.95 bits per heavy atom. The van der Waals surface area contributed by atoms with Crippen molar-refractivity contribution in [3.8, 4) is 0 Å². The molecular weight excluding hydrogens is 320 g/mol. The van der Waals surface area contributed by atoms with Gasteiger partial charge in [0.25, 0.3) is 5.91 Å². The third-order valence-corrected chi connectivity index (χ3v) is 3.48. The van der Waals surface area contributed by atoms with Crippen LogP contribution in [0.4, 0.5) is 5.82 Å². The molecule has 0 saturated carbocycles. The molecule has 5 nitrogen and oxygen atoms in total. The summed E-state index contributed by atoms with van der Waals surface area (Å²) >= 11 is 3.49. The predicted molar refractivity (Wildman–Crippen MR) is 81.5 cm³/mol. The molecule has 0 fully saturated rings. The van der Waals surface area contributed by atoms with Crippen molar-refractivity contribution in [2.24, 2.45) is 0 Å². The lowest BCUT2D eigenvalue weighted by Gasteiger charge is -2.10. The van der Waals surface area contributed by atoms with Crippen LogP contribution < -0.4 is 5.32 Å². The number of halogens is 1. The molecule has 0 atom stereocenters. The molecule has 1 N–H and O–H groups in total. The highest BCUT2D eigenvalue weighted by atomic mass is 79.9. The van der Waals surface area contributed by atoms with E-state index in [1.807, 2.05) is 24.3 Å². The summed E-state index contributed by atoms with van der Waals surface area (Å²) < 4.78 is 1.04. The number of hydrogen-bond donors (Lipinski definition) is 1. The molecule has 2 aromatic rings. The van der Waals surface area contributed by atoms with Gasteiger partial charge in [-0.05, 0) is 23.8 Å². The lowest BCUT2D eigenvalue weighted by atomic mass is 10.2. The first-order chi connectivity index (χ1) is 9.58. The normalized spacial score (nSPS) is 10.2. The molecule has 0 spiro atoms. The fourth-order valence-electron chi connectivity index (χ4n) is 1.60. The van der Waals surface area contributed by atoms with Crippen LogP contribution in [0.3, 0.4) is 0 Å². The van der Waals surface area contributed by atoms with E-state index >= 15 is 0 Å². The summed E-state index contributed by atoms with van der Waals surface area (Å²) in [4.78, 5) is 13.1. The molecule has 1 aromatic heterocycles. The molecule has 1 aromatic carbocycles. The van der Waals surface area contributed by atoms with E-state index in [1.165, 1.54) is 4.90 Å². The first kappa shape index (κ1) is 14.5. The van der Waals surface area contributed by atoms with Crippen LogP contribution >= 0.6 is 15.9 Å². The predicted octanol–water partition coefficient (Wildman–Crippen LogP) is 2.55. The van der Waals surface area contributed by atoms with Crippen LogP contribution in [0.15, 0.2) is 40.9 Å². The van der Waals surface area contributed by atoms with Crippen molar-refractivity contribution in [1.82, 2.24) is 15.1 Å². The van der Waals surface area contributed by atoms with Crippen molar-refractivity contribution >= 4 is 27.7 Å². The third-order valence-electron chi connectivity index (χ3n) is 2.71. The molecule has 104 valence electrons. The highest BCUT2D eigenvalue weighted by Gasteiger charge is 2.09. The maximum Gasteiger partial charge on any atom is 0.273 e. The second kappa shape index (κ2) is 6.47. The largest absolute Gasteiger partial charge is 0.364 e. The van der Waals surface area contributed by atoms with Gasteiger partial charge in [0.15, 0.2) is 5.69 Å². The van der Waals surface area contributed by atoms with E-state index in [4.69, 9.17) is 0 Å². The summed E-state index contributed by atoms with van der Waals surface area (Å²) in [6.07, 6.45) is 0. The lowest BCUT2D eigenvalue weighted by molar-refractivity contribution is 0.0821. The molecular formula is C14H15BrN4O. The fourth-order valence-corrected chi connectivity index (χ4v) is 2.02. The maximum atomic E-state index is 11.7. The van der Waals surface area contributed by atoms with Gasteiger partial charge < -0.3 is 10.2 Å². The van der Waals surface area contributed by atoms with E-state index in [9.17, 15) is 4.79 Å². The molecule has 0 saturated heterocycles. The SMILES string of the molecule is CN(C)C(=O)c1ccc(NCc2ccccc2Br)nn1. The second-order valence-corrected chi connectivity index (χ2v) is 5.30. The highest BCUT2D eigenvalue weighted by molar-refractivity contribution is 9.10. The maximum absolute atomic E-state index is 11.7. The van der Waals surface area contributed by atoms with Gasteiger partial charge in [-0.25, -0.2) is 0 Å². The van der Waals surface area contributed by atoms with Crippen LogP contribution in [-0.4, -0.2) is 35.1 Å². The van der Waals surface area contributed by atoms with Crippen molar-refractivity contribution in [1.29, 1.82) is 0 Å². The van der Waals surface area contributed by atoms with Gasteiger partial charge in [0, 0.05) is 25.1 Å². The standard InChI is InChI=1S/C14H15BrN4O/c1-19(2)14(20)12-7-8-13(18-17-12)16-9-10-5-3-4-6-11(10)15/h3-8H,9H2,1-2H3,(H,16,18). The Hall–Kier alpha value is -1.95. The minimum atomic E-state index is -0.158. The molecule has 0 aliphatic heterocycles. The second-order valence-electron chi connectivity index (χ2n) is 4.45. The topological polar surface area (TPSA) is 58.1 Å². The van der Waals surface area contributed by atoms with Crippen LogP contribution in [0, 0.1) is 0 Å². The zero-order valence-electron chi connectivity index (χ0n) is 11.3. The lowest BCUT2D eigenvalue weighted by Crippen LogP contribution is -2.23. The van der Waals surface area contributed by atoms with Crippen molar-refractivity contribution in [2.45, 2.75) is 6.54 Å². The van der Waals surface area contributed by atoms with Crippen LogP contribution in [0.5, 0.6) is 0 Å². The smallest absolute Gasteiger partial charge is 0.273 e. The Balaban J connectivity index is 2.01. The molecule has 0 aliphatic rings. The van der Waals surface area contributed by atoms with E-state index in [-0.39, 0.29) is 5.91 Å². The number of benzene rings is 1. The average Bonchev–Trinajstić information content (AvgIpc) is 2.46. The summed E-state index contributed by atoms with van der Waals surface area (Å²) in [5.41, 5.74) is 1.46. The Morgan fingerprint density at radius 1 is 1.20 bits per heavy atom. The van der Waals surface area contributed by atoms with Crippen molar-refractivity contribution in [2.75, 3.05) is 19.4 Å². The quantitative estimate of drug-likeness (QED) is 0.933. The summed E-state index contributed by atoms with van der Waals surface area (Å²) in [6.45, 7) is 0.636. The molecule has 0 bridgehead atoms. The van der Waals surface area contributed by atoms with E-state index in [1.54, 1.807) is 26.2 Å². The summed E-state index contributed by atoms with van der Waals surface area (Å²) in [5, 5.41) is 11.1. The Bertz CT molecular complexity index is 598. The van der Waals surface area contributed by atoms with E-state index in [0.717, 1.165) is 10.0 Å². The Kier molecular flexibility index (Phi) is 4.68. The molecule has 0 radical (unpaired) electrons. The van der Waals surface area contributed by atoms with Crippen molar-refractivity contribution in [3.63, 3.8) is 0 Å². The van der Waals surface area contributed by atoms with Gasteiger partial charge in [0.1, 0.15) is 5.82 Å². The summed E-state index contributed by atoms with van der Waals surface area (Å²) in [6, 6.07) is 11.4. The van der Waals surface area contributed by atoms with Gasteiger partial charge in [0.2, 0.25) is 0 Å². The first-order valence-electron chi connectivity index (χ1n) is 6.10. The van der Waals surface area contributed by atoms with Crippen LogP contribution in [0.1, 0.15) is 16.1 Å². The minimum Gasteiger partial charge on any atom is -0.364 e. The highest BCUT2D eigenvalue weighted by Crippen LogP contribution is 2.16. The summed E-state index contributed by atoms with van der Waals surface area (Å²) in [7, 11) is 3.37. The van der Waals surface area contributed by atoms with Gasteiger partial charge in [-0.2, -0.15) is 0 Å². The zero-order chi connectivity index (χ0) is 14.5. The molecule has 6 heteroatoms. The zero-order valence-corrected chi connectivity index (χ0v) is 12.9. The number of aromatic nitrogens is 2. The monoisotopic (exact) mass is 334 g/mol. The number of hydrogen-bond acceptors (Lipinski definition) is 4. The van der Waals surface area contributed by atoms with E-state index < -0.39 is 0 Å². The molecule has 2 rings (SSSR count). The van der Waals surface area contributed by atoms with Crippen LogP contribution in [0.2, 0.25) is 0 Å². The number of nitrogens with zero attached hydrogens (tertiary/aromatic N) is 3. The number of carbonyl (C=O) groups excluding carboxylic acids is 1. The minimum absolute atomic E-state index is 0.158. The first-order valence-corrected chi connectivity index (χ1v) is 6.90. The average molecular weight is 335 g/mol. The number of amides is 1. The molecule has 1 amide bonds. The van der Waals surface area contributed by atoms with E-state index in [2.05, 4.69) is 31.4 Å².